The zero-order valence-electron chi connectivity index (χ0n) is 22.1. The minimum absolute atomic E-state index is 0. The number of imidazole rings is 2. The van der Waals surface area contributed by atoms with Gasteiger partial charge in [0.2, 0.25) is 5.91 Å². The zero-order valence-corrected chi connectivity index (χ0v) is 25.1. The number of halogens is 2. The number of aliphatic carboxylic acids is 1. The molecule has 0 bridgehead atoms. The van der Waals surface area contributed by atoms with Crippen LogP contribution in [0.25, 0.3) is 22.8 Å². The summed E-state index contributed by atoms with van der Waals surface area (Å²) in [6.07, 6.45) is 3.47. The number of rotatable bonds is 9. The molecule has 0 unspecified atom stereocenters. The number of hydrogen-bond acceptors (Lipinski definition) is 6. The van der Waals surface area contributed by atoms with E-state index in [0.29, 0.717) is 34.5 Å². The molecule has 1 saturated heterocycles. The zero-order chi connectivity index (χ0) is 28.3. The Morgan fingerprint density at radius 1 is 0.818 bits per heavy atom. The van der Waals surface area contributed by atoms with Gasteiger partial charge in [0.05, 0.1) is 26.1 Å². The molecule has 1 amide bonds. The monoisotopic (exact) mass is 683 g/mol. The first-order valence-electron chi connectivity index (χ1n) is 12.7. The second-order valence-electron chi connectivity index (χ2n) is 9.08. The summed E-state index contributed by atoms with van der Waals surface area (Å²) in [7, 11) is 0. The fourth-order valence-electron chi connectivity index (χ4n) is 3.98. The molecule has 1 fully saturated rings. The number of morpholine rings is 1. The number of amides is 1. The van der Waals surface area contributed by atoms with E-state index < -0.39 is 5.97 Å². The molecule has 0 spiro atoms. The molecule has 1 aliphatic heterocycles. The van der Waals surface area contributed by atoms with Crippen LogP contribution in [0.15, 0.2) is 60.9 Å². The van der Waals surface area contributed by atoms with Crippen molar-refractivity contribution in [2.24, 2.45) is 0 Å². The van der Waals surface area contributed by atoms with Gasteiger partial charge in [-0.3, -0.25) is 14.5 Å². The van der Waals surface area contributed by atoms with Gasteiger partial charge >= 0.3 is 5.97 Å². The summed E-state index contributed by atoms with van der Waals surface area (Å²) in [5.74, 6) is 0.497. The van der Waals surface area contributed by atoms with Crippen molar-refractivity contribution in [2.75, 3.05) is 39.4 Å². The SMILES string of the molecule is C.C.C.O=C(Cc1cnc(-c2ccc(Cl)cc2)[nH]1)NCCN1CCOCC1.O=C(O)Cc1cnc(-c2ccc(Cl)cc2)[nH]1.[V]. The molecule has 10 nitrogen and oxygen atoms in total. The van der Waals surface area contributed by atoms with Gasteiger partial charge in [-0.25, -0.2) is 9.97 Å². The fraction of sp³-hybridized carbons (Fsp3) is 0.355. The maximum absolute atomic E-state index is 12.0. The molecular weight excluding hydrogens is 642 g/mol. The number of H-pyrrole nitrogens is 2. The minimum Gasteiger partial charge on any atom is -0.481 e. The van der Waals surface area contributed by atoms with Crippen LogP contribution in [0.4, 0.5) is 0 Å². The van der Waals surface area contributed by atoms with Crippen LogP contribution in [0, 0.1) is 0 Å². The van der Waals surface area contributed by atoms with Gasteiger partial charge in [0.25, 0.3) is 0 Å². The second-order valence-corrected chi connectivity index (χ2v) is 9.95. The molecule has 1 radical (unpaired) electrons. The fourth-order valence-corrected chi connectivity index (χ4v) is 4.24. The molecule has 13 heteroatoms. The third-order valence-corrected chi connectivity index (χ3v) is 6.54. The van der Waals surface area contributed by atoms with Crippen LogP contribution in [0.5, 0.6) is 0 Å². The number of carboxylic acids is 1. The Kier molecular flexibility index (Phi) is 19.3. The van der Waals surface area contributed by atoms with Crippen LogP contribution >= 0.6 is 23.2 Å². The number of hydrogen-bond donors (Lipinski definition) is 4. The Labute approximate surface area is 281 Å². The molecule has 44 heavy (non-hydrogen) atoms. The van der Waals surface area contributed by atoms with Crippen molar-refractivity contribution in [3.05, 3.63) is 82.4 Å². The summed E-state index contributed by atoms with van der Waals surface area (Å²) >= 11 is 11.6. The number of aromatic amines is 2. The molecule has 2 aromatic heterocycles. The molecule has 1 aliphatic rings. The molecule has 0 aliphatic carbocycles. The van der Waals surface area contributed by atoms with E-state index in [1.807, 2.05) is 36.4 Å². The van der Waals surface area contributed by atoms with Gasteiger partial charge in [-0.05, 0) is 48.5 Å². The minimum atomic E-state index is -0.883. The maximum atomic E-state index is 12.0. The Balaban J connectivity index is 0.000000820. The molecule has 4 aromatic rings. The number of benzene rings is 2. The van der Waals surface area contributed by atoms with Gasteiger partial charge < -0.3 is 25.1 Å². The maximum Gasteiger partial charge on any atom is 0.309 e. The van der Waals surface area contributed by atoms with E-state index in [-0.39, 0.29) is 53.2 Å². The molecule has 0 saturated carbocycles. The standard InChI is InChI=1S/C17H21ClN4O2.C11H9ClN2O2.3CH4.V/c18-14-3-1-13(2-4-14)17-20-12-15(21-17)11-16(23)19-5-6-22-7-9-24-10-8-22;12-8-3-1-7(2-4-8)11-13-6-9(14-11)5-10(15)16;;;;/h1-4,12H,5-11H2,(H,19,23)(H,20,21);1-4,6H,5H2,(H,13,14)(H,15,16);3*1H4;. The Morgan fingerprint density at radius 3 is 1.73 bits per heavy atom. The third-order valence-electron chi connectivity index (χ3n) is 6.04. The van der Waals surface area contributed by atoms with Crippen LogP contribution in [0.2, 0.25) is 10.0 Å². The predicted octanol–water partition coefficient (Wildman–Crippen LogP) is 5.98. The summed E-state index contributed by atoms with van der Waals surface area (Å²) in [6.45, 7) is 4.91. The number of nitrogens with zero attached hydrogens (tertiary/aromatic N) is 3. The van der Waals surface area contributed by atoms with Crippen molar-refractivity contribution in [1.29, 1.82) is 0 Å². The molecule has 2 aromatic carbocycles. The van der Waals surface area contributed by atoms with E-state index in [9.17, 15) is 9.59 Å². The summed E-state index contributed by atoms with van der Waals surface area (Å²) in [4.78, 5) is 39.4. The summed E-state index contributed by atoms with van der Waals surface area (Å²) in [5, 5.41) is 12.9. The Hall–Kier alpha value is -3.12. The van der Waals surface area contributed by atoms with Gasteiger partial charge in [0.1, 0.15) is 11.6 Å². The molecular formula is C31H42Cl2N6O4V. The molecule has 3 heterocycles. The first-order chi connectivity index (χ1) is 19.4. The van der Waals surface area contributed by atoms with Crippen LogP contribution in [-0.4, -0.2) is 81.2 Å². The van der Waals surface area contributed by atoms with Crippen molar-refractivity contribution in [1.82, 2.24) is 30.2 Å². The van der Waals surface area contributed by atoms with Gasteiger partial charge in [0, 0.05) is 89.7 Å². The number of carbonyl (C=O) groups is 2. The van der Waals surface area contributed by atoms with E-state index in [1.54, 1.807) is 18.3 Å². The van der Waals surface area contributed by atoms with E-state index in [4.69, 9.17) is 33.0 Å². The smallest absolute Gasteiger partial charge is 0.309 e. The average molecular weight is 685 g/mol. The number of carbonyl (C=O) groups excluding carboxylic acids is 1. The third kappa shape index (κ3) is 13.3. The van der Waals surface area contributed by atoms with Gasteiger partial charge in [-0.1, -0.05) is 45.5 Å². The summed E-state index contributed by atoms with van der Waals surface area (Å²) in [6, 6.07) is 14.6. The van der Waals surface area contributed by atoms with Crippen molar-refractivity contribution in [3.8, 4) is 22.8 Å². The number of aromatic nitrogens is 4. The quantitative estimate of drug-likeness (QED) is 0.170. The number of nitrogens with one attached hydrogen (secondary N) is 3. The van der Waals surface area contributed by atoms with E-state index in [0.717, 1.165) is 55.5 Å². The Morgan fingerprint density at radius 2 is 1.27 bits per heavy atom. The normalized spacial score (nSPS) is 12.1. The largest absolute Gasteiger partial charge is 0.481 e. The van der Waals surface area contributed by atoms with E-state index in [1.165, 1.54) is 6.20 Å². The first-order valence-corrected chi connectivity index (χ1v) is 13.5. The summed E-state index contributed by atoms with van der Waals surface area (Å²) < 4.78 is 5.30. The van der Waals surface area contributed by atoms with Gasteiger partial charge in [-0.2, -0.15) is 0 Å². The van der Waals surface area contributed by atoms with Gasteiger partial charge in [0.15, 0.2) is 0 Å². The van der Waals surface area contributed by atoms with Crippen molar-refractivity contribution >= 4 is 35.1 Å². The van der Waals surface area contributed by atoms with Crippen molar-refractivity contribution < 1.29 is 38.0 Å². The van der Waals surface area contributed by atoms with Crippen molar-refractivity contribution in [3.63, 3.8) is 0 Å². The van der Waals surface area contributed by atoms with Crippen LogP contribution < -0.4 is 5.32 Å². The van der Waals surface area contributed by atoms with Crippen LogP contribution in [0.1, 0.15) is 33.7 Å². The number of carboxylic acid groups (broad SMARTS) is 1. The molecule has 4 N–H and O–H groups in total. The average Bonchev–Trinajstić information content (AvgIpc) is 3.60. The second kappa shape index (κ2) is 20.8. The van der Waals surface area contributed by atoms with Crippen molar-refractivity contribution in [2.45, 2.75) is 35.1 Å². The van der Waals surface area contributed by atoms with Crippen LogP contribution in [0.3, 0.4) is 0 Å². The number of ether oxygens (including phenoxy) is 1. The van der Waals surface area contributed by atoms with E-state index >= 15 is 0 Å². The Bertz CT molecular complexity index is 1390. The van der Waals surface area contributed by atoms with E-state index in [2.05, 4.69) is 30.2 Å². The molecule has 239 valence electrons. The summed E-state index contributed by atoms with van der Waals surface area (Å²) in [5.41, 5.74) is 3.20. The van der Waals surface area contributed by atoms with Gasteiger partial charge in [-0.15, -0.1) is 0 Å². The van der Waals surface area contributed by atoms with Crippen LogP contribution in [-0.2, 0) is 45.7 Å². The topological polar surface area (TPSA) is 136 Å². The first kappa shape index (κ1) is 40.9. The molecule has 0 atom stereocenters. The molecule has 5 rings (SSSR count). The predicted molar refractivity (Wildman–Crippen MR) is 174 cm³/mol.